The van der Waals surface area contributed by atoms with Crippen molar-refractivity contribution in [1.82, 2.24) is 0 Å². The SMILES string of the molecule is CCC1Nc2ccc(C(C)(C)C)cc2NC1=O. The number of benzene rings is 1. The Balaban J connectivity index is 2.36. The Kier molecular flexibility index (Phi) is 2.86. The molecule has 2 rings (SSSR count). The molecule has 3 nitrogen and oxygen atoms in total. The van der Waals surface area contributed by atoms with Gasteiger partial charge in [0.25, 0.3) is 0 Å². The molecule has 3 heteroatoms. The molecule has 1 atom stereocenters. The summed E-state index contributed by atoms with van der Waals surface area (Å²) in [5, 5.41) is 6.23. The number of fused-ring (bicyclic) bond motifs is 1. The van der Waals surface area contributed by atoms with Crippen molar-refractivity contribution in [3.63, 3.8) is 0 Å². The second-order valence-corrected chi connectivity index (χ2v) is 5.60. The van der Waals surface area contributed by atoms with Crippen LogP contribution in [-0.4, -0.2) is 11.9 Å². The van der Waals surface area contributed by atoms with E-state index in [2.05, 4.69) is 49.6 Å². The van der Waals surface area contributed by atoms with Crippen LogP contribution in [-0.2, 0) is 10.2 Å². The van der Waals surface area contributed by atoms with Crippen molar-refractivity contribution in [2.45, 2.75) is 45.6 Å². The summed E-state index contributed by atoms with van der Waals surface area (Å²) in [7, 11) is 0. The van der Waals surface area contributed by atoms with Crippen molar-refractivity contribution < 1.29 is 4.79 Å². The van der Waals surface area contributed by atoms with Gasteiger partial charge in [-0.3, -0.25) is 4.79 Å². The zero-order chi connectivity index (χ0) is 12.6. The van der Waals surface area contributed by atoms with Gasteiger partial charge in [0, 0.05) is 0 Å². The molecule has 0 saturated heterocycles. The Morgan fingerprint density at radius 1 is 1.24 bits per heavy atom. The number of anilines is 2. The molecule has 17 heavy (non-hydrogen) atoms. The Morgan fingerprint density at radius 2 is 1.94 bits per heavy atom. The average Bonchev–Trinajstić information content (AvgIpc) is 2.26. The molecular formula is C14H20N2O. The second kappa shape index (κ2) is 4.06. The van der Waals surface area contributed by atoms with Gasteiger partial charge >= 0.3 is 0 Å². The predicted molar refractivity (Wildman–Crippen MR) is 71.5 cm³/mol. The number of amides is 1. The fraction of sp³-hybridized carbons (Fsp3) is 0.500. The quantitative estimate of drug-likeness (QED) is 0.781. The van der Waals surface area contributed by atoms with Crippen molar-refractivity contribution >= 4 is 17.3 Å². The molecule has 1 aliphatic heterocycles. The minimum atomic E-state index is -0.108. The highest BCUT2D eigenvalue weighted by Gasteiger charge is 2.25. The van der Waals surface area contributed by atoms with Gasteiger partial charge in [0.2, 0.25) is 5.91 Å². The molecule has 1 amide bonds. The molecule has 0 aromatic heterocycles. The fourth-order valence-electron chi connectivity index (χ4n) is 2.00. The van der Waals surface area contributed by atoms with Crippen LogP contribution in [0.3, 0.4) is 0 Å². The van der Waals surface area contributed by atoms with Crippen molar-refractivity contribution in [3.8, 4) is 0 Å². The van der Waals surface area contributed by atoms with Crippen LogP contribution < -0.4 is 10.6 Å². The van der Waals surface area contributed by atoms with E-state index in [9.17, 15) is 4.79 Å². The molecule has 0 radical (unpaired) electrons. The molecule has 0 aliphatic carbocycles. The first-order valence-electron chi connectivity index (χ1n) is 6.13. The van der Waals surface area contributed by atoms with Gasteiger partial charge in [-0.1, -0.05) is 33.8 Å². The molecule has 1 aromatic carbocycles. The number of hydrogen-bond donors (Lipinski definition) is 2. The minimum Gasteiger partial charge on any atom is -0.372 e. The van der Waals surface area contributed by atoms with Crippen molar-refractivity contribution in [2.24, 2.45) is 0 Å². The summed E-state index contributed by atoms with van der Waals surface area (Å²) in [6.07, 6.45) is 0.798. The molecule has 0 fully saturated rings. The molecule has 1 heterocycles. The van der Waals surface area contributed by atoms with E-state index in [0.29, 0.717) is 0 Å². The van der Waals surface area contributed by atoms with E-state index in [4.69, 9.17) is 0 Å². The largest absolute Gasteiger partial charge is 0.372 e. The fourth-order valence-corrected chi connectivity index (χ4v) is 2.00. The van der Waals surface area contributed by atoms with E-state index in [1.807, 2.05) is 6.92 Å². The lowest BCUT2D eigenvalue weighted by Crippen LogP contribution is -2.38. The van der Waals surface area contributed by atoms with Crippen molar-refractivity contribution in [1.29, 1.82) is 0 Å². The Morgan fingerprint density at radius 3 is 2.53 bits per heavy atom. The maximum absolute atomic E-state index is 11.8. The van der Waals surface area contributed by atoms with Crippen LogP contribution >= 0.6 is 0 Å². The van der Waals surface area contributed by atoms with E-state index >= 15 is 0 Å². The standard InChI is InChI=1S/C14H20N2O/c1-5-10-13(17)16-12-8-9(14(2,3)4)6-7-11(12)15-10/h6-8,10,15H,5H2,1-4H3,(H,16,17). The highest BCUT2D eigenvalue weighted by molar-refractivity contribution is 6.03. The highest BCUT2D eigenvalue weighted by Crippen LogP contribution is 2.32. The number of carbonyl (C=O) groups is 1. The van der Waals surface area contributed by atoms with Gasteiger partial charge in [-0.2, -0.15) is 0 Å². The summed E-state index contributed by atoms with van der Waals surface area (Å²) in [5.74, 6) is 0.0612. The van der Waals surface area contributed by atoms with Gasteiger partial charge in [0.05, 0.1) is 11.4 Å². The Labute approximate surface area is 103 Å². The highest BCUT2D eigenvalue weighted by atomic mass is 16.2. The smallest absolute Gasteiger partial charge is 0.246 e. The van der Waals surface area contributed by atoms with Crippen LogP contribution in [0.2, 0.25) is 0 Å². The molecule has 1 unspecified atom stereocenters. The summed E-state index contributed by atoms with van der Waals surface area (Å²) in [4.78, 5) is 11.8. The minimum absolute atomic E-state index is 0.0612. The first-order valence-corrected chi connectivity index (χ1v) is 6.13. The van der Waals surface area contributed by atoms with Crippen LogP contribution in [0, 0.1) is 0 Å². The molecule has 0 saturated carbocycles. The van der Waals surface area contributed by atoms with Crippen LogP contribution in [0.4, 0.5) is 11.4 Å². The zero-order valence-corrected chi connectivity index (χ0v) is 10.9. The monoisotopic (exact) mass is 232 g/mol. The maximum Gasteiger partial charge on any atom is 0.246 e. The summed E-state index contributed by atoms with van der Waals surface area (Å²) >= 11 is 0. The number of nitrogens with one attached hydrogen (secondary N) is 2. The van der Waals surface area contributed by atoms with Crippen LogP contribution in [0.15, 0.2) is 18.2 Å². The summed E-state index contributed by atoms with van der Waals surface area (Å²) in [6.45, 7) is 8.51. The lowest BCUT2D eigenvalue weighted by atomic mass is 9.86. The number of rotatable bonds is 1. The molecule has 2 N–H and O–H groups in total. The lowest BCUT2D eigenvalue weighted by molar-refractivity contribution is -0.117. The zero-order valence-electron chi connectivity index (χ0n) is 10.9. The summed E-state index contributed by atoms with van der Waals surface area (Å²) < 4.78 is 0. The van der Waals surface area contributed by atoms with Gasteiger partial charge in [0.1, 0.15) is 6.04 Å². The van der Waals surface area contributed by atoms with E-state index in [1.54, 1.807) is 0 Å². The predicted octanol–water partition coefficient (Wildman–Crippen LogP) is 3.13. The van der Waals surface area contributed by atoms with Crippen molar-refractivity contribution in [3.05, 3.63) is 23.8 Å². The van der Waals surface area contributed by atoms with E-state index < -0.39 is 0 Å². The van der Waals surface area contributed by atoms with Gasteiger partial charge in [0.15, 0.2) is 0 Å². The van der Waals surface area contributed by atoms with Gasteiger partial charge < -0.3 is 10.6 Å². The van der Waals surface area contributed by atoms with Crippen LogP contribution in [0.5, 0.6) is 0 Å². The maximum atomic E-state index is 11.8. The van der Waals surface area contributed by atoms with E-state index in [1.165, 1.54) is 5.56 Å². The lowest BCUT2D eigenvalue weighted by Gasteiger charge is -2.28. The molecule has 0 bridgehead atoms. The first-order chi connectivity index (χ1) is 7.91. The van der Waals surface area contributed by atoms with E-state index in [-0.39, 0.29) is 17.4 Å². The first kappa shape index (κ1) is 12.0. The summed E-state index contributed by atoms with van der Waals surface area (Å²) in [6, 6.07) is 6.13. The second-order valence-electron chi connectivity index (χ2n) is 5.60. The van der Waals surface area contributed by atoms with E-state index in [0.717, 1.165) is 17.8 Å². The Bertz CT molecular complexity index is 446. The van der Waals surface area contributed by atoms with Crippen LogP contribution in [0.25, 0.3) is 0 Å². The molecule has 92 valence electrons. The average molecular weight is 232 g/mol. The van der Waals surface area contributed by atoms with Gasteiger partial charge in [-0.15, -0.1) is 0 Å². The molecule has 1 aliphatic rings. The third kappa shape index (κ3) is 2.28. The molecular weight excluding hydrogens is 212 g/mol. The van der Waals surface area contributed by atoms with Gasteiger partial charge in [-0.25, -0.2) is 0 Å². The number of hydrogen-bond acceptors (Lipinski definition) is 2. The van der Waals surface area contributed by atoms with Crippen molar-refractivity contribution in [2.75, 3.05) is 10.6 Å². The Hall–Kier alpha value is -1.51. The van der Waals surface area contributed by atoms with Crippen LogP contribution in [0.1, 0.15) is 39.7 Å². The van der Waals surface area contributed by atoms with Gasteiger partial charge in [-0.05, 0) is 29.5 Å². The summed E-state index contributed by atoms with van der Waals surface area (Å²) in [5.41, 5.74) is 3.24. The number of carbonyl (C=O) groups excluding carboxylic acids is 1. The normalized spacial score (nSPS) is 19.3. The third-order valence-corrected chi connectivity index (χ3v) is 3.20. The topological polar surface area (TPSA) is 41.1 Å². The molecule has 1 aromatic rings. The third-order valence-electron chi connectivity index (χ3n) is 3.20. The molecule has 0 spiro atoms.